The number of nitrogens with one attached hydrogen (secondary N) is 2. The number of rotatable bonds is 6. The van der Waals surface area contributed by atoms with Gasteiger partial charge in [0.2, 0.25) is 4.77 Å². The Balaban J connectivity index is 1.87. The summed E-state index contributed by atoms with van der Waals surface area (Å²) in [6, 6.07) is 14.1. The second-order valence-corrected chi connectivity index (χ2v) is 5.80. The third-order valence-corrected chi connectivity index (χ3v) is 3.98. The minimum atomic E-state index is -0.982. The van der Waals surface area contributed by atoms with Crippen LogP contribution >= 0.6 is 12.2 Å². The average molecular weight is 383 g/mol. The van der Waals surface area contributed by atoms with Gasteiger partial charge in [0.25, 0.3) is 0 Å². The molecule has 0 saturated heterocycles. The van der Waals surface area contributed by atoms with E-state index >= 15 is 0 Å². The summed E-state index contributed by atoms with van der Waals surface area (Å²) < 4.78 is 7.05. The topological polar surface area (TPSA) is 103 Å². The van der Waals surface area contributed by atoms with Crippen LogP contribution in [0.5, 0.6) is 5.75 Å². The number of para-hydroxylation sites is 1. The van der Waals surface area contributed by atoms with Crippen LogP contribution in [0.3, 0.4) is 0 Å². The van der Waals surface area contributed by atoms with Gasteiger partial charge >= 0.3 is 0 Å². The standard InChI is InChI=1S/C18H17N5O3S/c1-26-15-9-4-7-14(12-15)17-20-21-18(27)22(17)19-11-5-8-13-6-2-3-10-16(13)23(24)25/h2-12,23-24H,1H3,(H,21,27)/b8-5+,19-11+. The van der Waals surface area contributed by atoms with Crippen molar-refractivity contribution in [1.82, 2.24) is 14.9 Å². The SMILES string of the molecule is COc1cccc(-c2n[nH]c(=S)n2/N=C/C=C/c2ccccc2[NH+]([O-])O)c1. The first-order valence-corrected chi connectivity index (χ1v) is 8.36. The van der Waals surface area contributed by atoms with Crippen molar-refractivity contribution in [2.24, 2.45) is 5.10 Å². The molecule has 0 aliphatic rings. The van der Waals surface area contributed by atoms with Gasteiger partial charge < -0.3 is 9.94 Å². The molecule has 1 unspecified atom stereocenters. The smallest absolute Gasteiger partial charge is 0.216 e. The lowest BCUT2D eigenvalue weighted by molar-refractivity contribution is -0.991. The first-order valence-electron chi connectivity index (χ1n) is 7.95. The normalized spacial score (nSPS) is 12.7. The number of aromatic nitrogens is 3. The van der Waals surface area contributed by atoms with Crippen molar-refractivity contribution in [1.29, 1.82) is 0 Å². The molecule has 3 rings (SSSR count). The predicted molar refractivity (Wildman–Crippen MR) is 105 cm³/mol. The highest BCUT2D eigenvalue weighted by Gasteiger charge is 2.09. The zero-order chi connectivity index (χ0) is 19.2. The molecular formula is C18H17N5O3S. The Bertz CT molecular complexity index is 1040. The fraction of sp³-hybridized carbons (Fsp3) is 0.0556. The second-order valence-electron chi connectivity index (χ2n) is 5.41. The van der Waals surface area contributed by atoms with Crippen molar-refractivity contribution in [2.75, 3.05) is 7.11 Å². The molecule has 0 spiro atoms. The number of quaternary nitrogens is 1. The van der Waals surface area contributed by atoms with E-state index in [4.69, 9.17) is 17.0 Å². The van der Waals surface area contributed by atoms with Gasteiger partial charge in [-0.15, -0.1) is 0 Å². The van der Waals surface area contributed by atoms with Crippen LogP contribution in [-0.4, -0.2) is 33.4 Å². The number of H-pyrrole nitrogens is 1. The highest BCUT2D eigenvalue weighted by molar-refractivity contribution is 7.71. The van der Waals surface area contributed by atoms with Crippen LogP contribution in [0.4, 0.5) is 5.69 Å². The fourth-order valence-corrected chi connectivity index (χ4v) is 2.62. The summed E-state index contributed by atoms with van der Waals surface area (Å²) in [5.41, 5.74) is 1.60. The summed E-state index contributed by atoms with van der Waals surface area (Å²) in [7, 11) is 1.59. The van der Waals surface area contributed by atoms with Gasteiger partial charge in [0.15, 0.2) is 11.5 Å². The Hall–Kier alpha value is -3.11. The molecule has 0 aliphatic heterocycles. The zero-order valence-electron chi connectivity index (χ0n) is 14.4. The summed E-state index contributed by atoms with van der Waals surface area (Å²) in [6.07, 6.45) is 4.83. The number of aromatic amines is 1. The van der Waals surface area contributed by atoms with Crippen LogP contribution in [0.15, 0.2) is 59.7 Å². The largest absolute Gasteiger partial charge is 0.595 e. The van der Waals surface area contributed by atoms with Crippen LogP contribution in [-0.2, 0) is 0 Å². The van der Waals surface area contributed by atoms with Crippen molar-refractivity contribution in [3.05, 3.63) is 70.1 Å². The Morgan fingerprint density at radius 2 is 2.11 bits per heavy atom. The number of allylic oxidation sites excluding steroid dienone is 1. The molecule has 1 aromatic heterocycles. The molecule has 0 saturated carbocycles. The minimum Gasteiger partial charge on any atom is -0.595 e. The van der Waals surface area contributed by atoms with Crippen molar-refractivity contribution >= 4 is 30.2 Å². The molecule has 27 heavy (non-hydrogen) atoms. The third-order valence-electron chi connectivity index (χ3n) is 3.71. The Kier molecular flexibility index (Phi) is 5.89. The minimum absolute atomic E-state index is 0.221. The maximum Gasteiger partial charge on any atom is 0.216 e. The van der Waals surface area contributed by atoms with Gasteiger partial charge in [-0.3, -0.25) is 0 Å². The lowest BCUT2D eigenvalue weighted by Gasteiger charge is -2.13. The van der Waals surface area contributed by atoms with E-state index < -0.39 is 5.23 Å². The van der Waals surface area contributed by atoms with E-state index in [2.05, 4.69) is 15.3 Å². The molecule has 0 bridgehead atoms. The molecule has 2 aromatic carbocycles. The van der Waals surface area contributed by atoms with Gasteiger partial charge in [-0.25, -0.2) is 10.3 Å². The van der Waals surface area contributed by atoms with Crippen molar-refractivity contribution < 1.29 is 15.2 Å². The Morgan fingerprint density at radius 3 is 2.89 bits per heavy atom. The van der Waals surface area contributed by atoms with Crippen LogP contribution in [0.1, 0.15) is 5.56 Å². The van der Waals surface area contributed by atoms with E-state index in [1.165, 1.54) is 10.9 Å². The van der Waals surface area contributed by atoms with Crippen LogP contribution in [0.2, 0.25) is 0 Å². The molecule has 8 nitrogen and oxygen atoms in total. The third kappa shape index (κ3) is 4.36. The van der Waals surface area contributed by atoms with Crippen molar-refractivity contribution in [3.63, 3.8) is 0 Å². The number of benzene rings is 2. The molecule has 9 heteroatoms. The lowest BCUT2D eigenvalue weighted by Crippen LogP contribution is -2.99. The van der Waals surface area contributed by atoms with Crippen molar-refractivity contribution in [3.8, 4) is 17.1 Å². The second kappa shape index (κ2) is 8.52. The highest BCUT2D eigenvalue weighted by atomic mass is 32.1. The number of nitrogens with zero attached hydrogens (tertiary/aromatic N) is 3. The maximum absolute atomic E-state index is 11.2. The fourth-order valence-electron chi connectivity index (χ4n) is 2.44. The first-order chi connectivity index (χ1) is 13.1. The van der Waals surface area contributed by atoms with Crippen LogP contribution in [0.25, 0.3) is 17.5 Å². The average Bonchev–Trinajstić information content (AvgIpc) is 3.06. The van der Waals surface area contributed by atoms with Gasteiger partial charge in [0, 0.05) is 23.4 Å². The monoisotopic (exact) mass is 383 g/mol. The zero-order valence-corrected chi connectivity index (χ0v) is 15.2. The molecule has 3 aromatic rings. The molecule has 0 aliphatic carbocycles. The van der Waals surface area contributed by atoms with E-state index in [-0.39, 0.29) is 5.69 Å². The lowest BCUT2D eigenvalue weighted by atomic mass is 10.1. The Morgan fingerprint density at radius 1 is 1.30 bits per heavy atom. The summed E-state index contributed by atoms with van der Waals surface area (Å²) in [6.45, 7) is 0. The van der Waals surface area contributed by atoms with Crippen LogP contribution in [0, 0.1) is 9.98 Å². The van der Waals surface area contributed by atoms with E-state index in [0.29, 0.717) is 21.9 Å². The quantitative estimate of drug-likeness (QED) is 0.345. The molecule has 0 fully saturated rings. The van der Waals surface area contributed by atoms with E-state index in [1.54, 1.807) is 43.5 Å². The predicted octanol–water partition coefficient (Wildman–Crippen LogP) is 2.57. The molecule has 3 N–H and O–H groups in total. The maximum atomic E-state index is 11.2. The first kappa shape index (κ1) is 18.7. The van der Waals surface area contributed by atoms with E-state index in [9.17, 15) is 10.4 Å². The molecule has 138 valence electrons. The highest BCUT2D eigenvalue weighted by Crippen LogP contribution is 2.22. The van der Waals surface area contributed by atoms with Crippen LogP contribution < -0.4 is 9.96 Å². The number of hydrogen-bond donors (Lipinski definition) is 3. The Labute approximate surface area is 160 Å². The van der Waals surface area contributed by atoms with Gasteiger partial charge in [-0.2, -0.15) is 20.1 Å². The summed E-state index contributed by atoms with van der Waals surface area (Å²) >= 11 is 5.23. The molecule has 1 atom stereocenters. The summed E-state index contributed by atoms with van der Waals surface area (Å²) in [4.78, 5) is 0. The van der Waals surface area contributed by atoms with Gasteiger partial charge in [0.1, 0.15) is 5.75 Å². The molecular weight excluding hydrogens is 366 g/mol. The number of hydrogen-bond acceptors (Lipinski definition) is 6. The van der Waals surface area contributed by atoms with Gasteiger partial charge in [-0.05, 0) is 42.6 Å². The molecule has 0 amide bonds. The van der Waals surface area contributed by atoms with Gasteiger partial charge in [0.05, 0.1) is 7.11 Å². The molecule has 1 heterocycles. The summed E-state index contributed by atoms with van der Waals surface area (Å²) in [5.74, 6) is 1.23. The van der Waals surface area contributed by atoms with Gasteiger partial charge in [-0.1, -0.05) is 24.3 Å². The molecule has 0 radical (unpaired) electrons. The summed E-state index contributed by atoms with van der Waals surface area (Å²) in [5, 5.41) is 30.7. The van der Waals surface area contributed by atoms with Crippen molar-refractivity contribution in [2.45, 2.75) is 0 Å². The number of methoxy groups -OCH3 is 1. The number of ether oxygens (including phenoxy) is 1. The van der Waals surface area contributed by atoms with E-state index in [1.807, 2.05) is 24.3 Å². The van der Waals surface area contributed by atoms with E-state index in [0.717, 1.165) is 5.56 Å².